The van der Waals surface area contributed by atoms with Gasteiger partial charge in [0.05, 0.1) is 6.61 Å². The Morgan fingerprint density at radius 3 is 2.43 bits per heavy atom. The summed E-state index contributed by atoms with van der Waals surface area (Å²) >= 11 is 18.3. The third-order valence-electron chi connectivity index (χ3n) is 1.72. The lowest BCUT2D eigenvalue weighted by molar-refractivity contribution is -0.142. The summed E-state index contributed by atoms with van der Waals surface area (Å²) in [7, 11) is 1.37. The van der Waals surface area contributed by atoms with Gasteiger partial charge in [-0.3, -0.25) is 9.63 Å². The fourth-order valence-corrected chi connectivity index (χ4v) is 3.04. The fourth-order valence-electron chi connectivity index (χ4n) is 0.938. The first-order chi connectivity index (χ1) is 9.56. The molecule has 122 valence electrons. The van der Waals surface area contributed by atoms with Crippen molar-refractivity contribution in [3.05, 3.63) is 0 Å². The third kappa shape index (κ3) is 10.4. The van der Waals surface area contributed by atoms with Crippen LogP contribution in [0.3, 0.4) is 0 Å². The highest BCUT2D eigenvalue weighted by atomic mass is 35.6. The van der Waals surface area contributed by atoms with E-state index < -0.39 is 14.5 Å². The number of halogens is 3. The smallest absolute Gasteiger partial charge is 0.445 e. The number of esters is 1. The molecule has 0 saturated carbocycles. The van der Waals surface area contributed by atoms with Crippen LogP contribution in [-0.2, 0) is 14.4 Å². The van der Waals surface area contributed by atoms with Gasteiger partial charge in [-0.15, -0.1) is 0 Å². The Labute approximate surface area is 146 Å². The van der Waals surface area contributed by atoms with Crippen molar-refractivity contribution in [1.82, 2.24) is 4.31 Å². The molecule has 0 rings (SSSR count). The van der Waals surface area contributed by atoms with Crippen LogP contribution in [0.4, 0.5) is 4.79 Å². The Morgan fingerprint density at radius 2 is 1.95 bits per heavy atom. The molecular weight excluding hydrogens is 383 g/mol. The Balaban J connectivity index is 4.34. The summed E-state index contributed by atoms with van der Waals surface area (Å²) in [4.78, 5) is 27.6. The maximum absolute atomic E-state index is 11.5. The van der Waals surface area contributed by atoms with Gasteiger partial charge in [-0.1, -0.05) is 51.7 Å². The number of nitrogens with zero attached hydrogens (tertiary/aromatic N) is 2. The minimum Gasteiger partial charge on any atom is -0.465 e. The number of ether oxygens (including phenoxy) is 1. The lowest BCUT2D eigenvalue weighted by Gasteiger charge is -2.18. The van der Waals surface area contributed by atoms with Crippen LogP contribution in [0.1, 0.15) is 20.8 Å². The van der Waals surface area contributed by atoms with E-state index in [0.717, 1.165) is 16.1 Å². The Bertz CT molecular complexity index is 404. The van der Waals surface area contributed by atoms with Crippen molar-refractivity contribution in [2.45, 2.75) is 29.1 Å². The second-order valence-electron chi connectivity index (χ2n) is 3.51. The summed E-state index contributed by atoms with van der Waals surface area (Å²) < 4.78 is 4.15. The molecule has 6 nitrogen and oxygen atoms in total. The largest absolute Gasteiger partial charge is 0.465 e. The van der Waals surface area contributed by atoms with Crippen LogP contribution in [0.5, 0.6) is 0 Å². The highest BCUT2D eigenvalue weighted by molar-refractivity contribution is 8.14. The van der Waals surface area contributed by atoms with Gasteiger partial charge < -0.3 is 4.74 Å². The highest BCUT2D eigenvalue weighted by Crippen LogP contribution is 2.40. The number of oxime groups is 1. The lowest BCUT2D eigenvalue weighted by Crippen LogP contribution is -2.23. The normalized spacial score (nSPS) is 13.6. The van der Waals surface area contributed by atoms with Gasteiger partial charge in [0.25, 0.3) is 3.12 Å². The van der Waals surface area contributed by atoms with Crippen molar-refractivity contribution < 1.29 is 19.2 Å². The lowest BCUT2D eigenvalue weighted by atomic mass is 10.5. The number of hydrogen-bond donors (Lipinski definition) is 0. The first kappa shape index (κ1) is 21.0. The number of alkyl halides is 3. The molecule has 1 atom stereocenters. The number of thioether (sulfide) groups is 1. The van der Waals surface area contributed by atoms with Crippen molar-refractivity contribution in [3.63, 3.8) is 0 Å². The summed E-state index contributed by atoms with van der Waals surface area (Å²) in [6, 6.07) is 0. The number of hydrogen-bond acceptors (Lipinski definition) is 7. The van der Waals surface area contributed by atoms with E-state index in [1.165, 1.54) is 7.05 Å². The van der Waals surface area contributed by atoms with Gasteiger partial charge in [0.1, 0.15) is 10.3 Å². The van der Waals surface area contributed by atoms with Gasteiger partial charge in [-0.2, -0.15) is 0 Å². The van der Waals surface area contributed by atoms with E-state index in [0.29, 0.717) is 23.6 Å². The molecule has 21 heavy (non-hydrogen) atoms. The first-order valence-corrected chi connectivity index (χ1v) is 8.44. The van der Waals surface area contributed by atoms with E-state index >= 15 is 0 Å². The average Bonchev–Trinajstić information content (AvgIpc) is 2.33. The maximum atomic E-state index is 11.5. The average molecular weight is 398 g/mol. The molecule has 0 radical (unpaired) electrons. The summed E-state index contributed by atoms with van der Waals surface area (Å²) in [5.41, 5.74) is 0. The molecule has 0 spiro atoms. The SMILES string of the molecule is CCOC(=O)C(C)SC(C)=NOC(=O)N(C)SC(Cl)(Cl)Cl. The molecule has 0 aromatic carbocycles. The zero-order valence-corrected chi connectivity index (χ0v) is 15.7. The quantitative estimate of drug-likeness (QED) is 0.133. The van der Waals surface area contributed by atoms with Crippen LogP contribution in [0, 0.1) is 0 Å². The summed E-state index contributed by atoms with van der Waals surface area (Å²) in [6.45, 7) is 5.27. The Morgan fingerprint density at radius 1 is 1.38 bits per heavy atom. The Kier molecular flexibility index (Phi) is 9.88. The molecule has 0 saturated heterocycles. The van der Waals surface area contributed by atoms with Gasteiger partial charge in [0.15, 0.2) is 0 Å². The van der Waals surface area contributed by atoms with Gasteiger partial charge in [0.2, 0.25) is 0 Å². The zero-order chi connectivity index (χ0) is 16.6. The monoisotopic (exact) mass is 396 g/mol. The molecule has 0 aliphatic rings. The predicted molar refractivity (Wildman–Crippen MR) is 88.9 cm³/mol. The van der Waals surface area contributed by atoms with Gasteiger partial charge >= 0.3 is 12.1 Å². The highest BCUT2D eigenvalue weighted by Gasteiger charge is 2.27. The van der Waals surface area contributed by atoms with E-state index in [9.17, 15) is 9.59 Å². The van der Waals surface area contributed by atoms with Crippen LogP contribution < -0.4 is 0 Å². The molecule has 0 heterocycles. The van der Waals surface area contributed by atoms with Crippen LogP contribution in [0.15, 0.2) is 5.16 Å². The minimum absolute atomic E-state index is 0.300. The van der Waals surface area contributed by atoms with Crippen LogP contribution >= 0.6 is 58.5 Å². The third-order valence-corrected chi connectivity index (χ3v) is 3.93. The van der Waals surface area contributed by atoms with E-state index in [-0.39, 0.29) is 5.97 Å². The summed E-state index contributed by atoms with van der Waals surface area (Å²) in [5.74, 6) is -0.368. The van der Waals surface area contributed by atoms with Crippen LogP contribution in [0.25, 0.3) is 0 Å². The van der Waals surface area contributed by atoms with Gasteiger partial charge in [-0.25, -0.2) is 9.10 Å². The minimum atomic E-state index is -1.68. The number of carbonyl (C=O) groups excluding carboxylic acids is 2. The van der Waals surface area contributed by atoms with Crippen molar-refractivity contribution in [2.75, 3.05) is 13.7 Å². The molecular formula is C10H15Cl3N2O4S2. The van der Waals surface area contributed by atoms with E-state index in [1.54, 1.807) is 20.8 Å². The van der Waals surface area contributed by atoms with E-state index in [1.807, 2.05) is 0 Å². The summed E-state index contributed by atoms with van der Waals surface area (Å²) in [5, 5.41) is 3.52. The van der Waals surface area contributed by atoms with Crippen LogP contribution in [-0.4, -0.2) is 43.4 Å². The summed E-state index contributed by atoms with van der Waals surface area (Å²) in [6.07, 6.45) is -0.810. The van der Waals surface area contributed by atoms with Gasteiger partial charge in [-0.05, 0) is 20.8 Å². The molecule has 0 aromatic rings. The molecule has 0 fully saturated rings. The topological polar surface area (TPSA) is 68.2 Å². The maximum Gasteiger partial charge on any atom is 0.445 e. The van der Waals surface area contributed by atoms with Crippen molar-refractivity contribution in [2.24, 2.45) is 5.16 Å². The fraction of sp³-hybridized carbons (Fsp3) is 0.700. The van der Waals surface area contributed by atoms with E-state index in [2.05, 4.69) is 9.99 Å². The van der Waals surface area contributed by atoms with Crippen molar-refractivity contribution >= 4 is 75.6 Å². The van der Waals surface area contributed by atoms with Crippen LogP contribution in [0.2, 0.25) is 0 Å². The second-order valence-corrected chi connectivity index (χ2v) is 9.34. The molecule has 0 aliphatic heterocycles. The molecule has 1 amide bonds. The number of carbonyl (C=O) groups is 2. The molecule has 0 N–H and O–H groups in total. The van der Waals surface area contributed by atoms with Crippen molar-refractivity contribution in [1.29, 1.82) is 0 Å². The first-order valence-electron chi connectivity index (χ1n) is 5.65. The molecule has 0 aromatic heterocycles. The molecule has 0 bridgehead atoms. The molecule has 1 unspecified atom stereocenters. The number of rotatable bonds is 5. The number of amides is 1. The Hall–Kier alpha value is -0.0200. The van der Waals surface area contributed by atoms with Crippen molar-refractivity contribution in [3.8, 4) is 0 Å². The van der Waals surface area contributed by atoms with Gasteiger partial charge in [0, 0.05) is 19.0 Å². The molecule has 0 aliphatic carbocycles. The molecule has 11 heteroatoms. The zero-order valence-electron chi connectivity index (χ0n) is 11.8. The standard InChI is InChI=1S/C10H15Cl3N2O4S2/c1-5-18-8(16)6(2)20-7(3)14-19-9(17)15(4)21-10(11,12)13/h6H,5H2,1-4H3. The van der Waals surface area contributed by atoms with E-state index in [4.69, 9.17) is 39.5 Å². The second kappa shape index (κ2) is 9.89. The predicted octanol–water partition coefficient (Wildman–Crippen LogP) is 4.05.